The fourth-order valence-corrected chi connectivity index (χ4v) is 5.40. The van der Waals surface area contributed by atoms with Crippen molar-refractivity contribution in [1.29, 1.82) is 5.26 Å². The number of carbonyl (C=O) groups is 1. The first-order valence-corrected chi connectivity index (χ1v) is 14.7. The third kappa shape index (κ3) is 6.47. The van der Waals surface area contributed by atoms with Crippen LogP contribution in [-0.4, -0.2) is 29.0 Å². The molecular formula is C29H18Cl2N6O6S. The number of aromatic nitrogens is 2. The predicted molar refractivity (Wildman–Crippen MR) is 163 cm³/mol. The molecule has 0 saturated heterocycles. The summed E-state index contributed by atoms with van der Waals surface area (Å²) in [5.74, 6) is -0.112. The minimum atomic E-state index is -4.20. The Bertz CT molecular complexity index is 2040. The second kappa shape index (κ2) is 12.4. The number of nitrogens with one attached hydrogen (secondary N) is 2. The van der Waals surface area contributed by atoms with Crippen LogP contribution in [0, 0.1) is 21.4 Å². The van der Waals surface area contributed by atoms with E-state index in [2.05, 4.69) is 15.1 Å². The molecule has 0 spiro atoms. The van der Waals surface area contributed by atoms with E-state index >= 15 is 0 Å². The van der Waals surface area contributed by atoms with Crippen molar-refractivity contribution in [2.45, 2.75) is 4.90 Å². The Balaban J connectivity index is 1.40. The van der Waals surface area contributed by atoms with Crippen LogP contribution in [0.4, 0.5) is 17.2 Å². The van der Waals surface area contributed by atoms with Gasteiger partial charge in [0.1, 0.15) is 23.1 Å². The summed E-state index contributed by atoms with van der Waals surface area (Å²) >= 11 is 12.3. The Hall–Kier alpha value is -5.42. The van der Waals surface area contributed by atoms with Crippen LogP contribution in [0.15, 0.2) is 102 Å². The number of rotatable bonds is 9. The number of nitro benzene ring substituents is 1. The van der Waals surface area contributed by atoms with Gasteiger partial charge in [0.2, 0.25) is 0 Å². The van der Waals surface area contributed by atoms with Gasteiger partial charge in [0, 0.05) is 17.2 Å². The number of sulfonamides is 1. The molecule has 0 unspecified atom stereocenters. The number of halogens is 2. The monoisotopic (exact) mass is 648 g/mol. The van der Waals surface area contributed by atoms with Crippen LogP contribution in [0.2, 0.25) is 10.0 Å². The molecule has 0 aliphatic carbocycles. The highest BCUT2D eigenvalue weighted by molar-refractivity contribution is 7.92. The summed E-state index contributed by atoms with van der Waals surface area (Å²) in [5, 5.41) is 27.8. The summed E-state index contributed by atoms with van der Waals surface area (Å²) in [7, 11) is -4.20. The Labute approximate surface area is 260 Å². The molecule has 44 heavy (non-hydrogen) atoms. The highest BCUT2D eigenvalue weighted by Gasteiger charge is 2.22. The van der Waals surface area contributed by atoms with Gasteiger partial charge in [0.15, 0.2) is 5.82 Å². The molecule has 0 fully saturated rings. The van der Waals surface area contributed by atoms with Crippen molar-refractivity contribution in [2.75, 3.05) is 10.0 Å². The highest BCUT2D eigenvalue weighted by atomic mass is 35.5. The van der Waals surface area contributed by atoms with Gasteiger partial charge in [-0.15, -0.1) is 0 Å². The van der Waals surface area contributed by atoms with Crippen molar-refractivity contribution in [2.24, 2.45) is 0 Å². The SMILES string of the molecule is N#Cc1cnn(-c2ccc([N+](=O)[O-])cc2)c1NC(=O)c1cc(Cl)ccc1NS(=O)(=O)c1ccc(Oc2ccccc2Cl)cc1. The number of carbonyl (C=O) groups excluding carboxylic acids is 1. The quantitative estimate of drug-likeness (QED) is 0.130. The highest BCUT2D eigenvalue weighted by Crippen LogP contribution is 2.31. The molecule has 0 saturated carbocycles. The summed E-state index contributed by atoms with van der Waals surface area (Å²) in [4.78, 5) is 23.8. The molecule has 4 aromatic carbocycles. The first-order chi connectivity index (χ1) is 21.1. The third-order valence-corrected chi connectivity index (χ3v) is 8.02. The molecule has 0 aliphatic heterocycles. The normalized spacial score (nSPS) is 10.9. The van der Waals surface area contributed by atoms with Gasteiger partial charge >= 0.3 is 0 Å². The predicted octanol–water partition coefficient (Wildman–Crippen LogP) is 6.80. The maximum Gasteiger partial charge on any atom is 0.269 e. The van der Waals surface area contributed by atoms with E-state index in [1.807, 2.05) is 6.07 Å². The van der Waals surface area contributed by atoms with Gasteiger partial charge in [0.25, 0.3) is 21.6 Å². The zero-order chi connectivity index (χ0) is 31.4. The minimum Gasteiger partial charge on any atom is -0.456 e. The molecule has 1 aromatic heterocycles. The lowest BCUT2D eigenvalue weighted by atomic mass is 10.1. The molecule has 15 heteroatoms. The molecule has 1 heterocycles. The van der Waals surface area contributed by atoms with Crippen molar-refractivity contribution in [3.8, 4) is 23.3 Å². The van der Waals surface area contributed by atoms with Crippen molar-refractivity contribution >= 4 is 56.3 Å². The standard InChI is InChI=1S/C29H18Cl2N6O6S/c30-19-5-14-26(35-44(41,42)23-12-10-22(11-13-23)43-27-4-2-1-3-25(27)31)24(15-19)29(38)34-28-18(16-32)17-33-36(28)20-6-8-21(9-7-20)37(39)40/h1-15,17,35H,(H,34,38). The lowest BCUT2D eigenvalue weighted by Gasteiger charge is -2.15. The second-order valence-corrected chi connectivity index (χ2v) is 11.5. The lowest BCUT2D eigenvalue weighted by Crippen LogP contribution is -2.20. The van der Waals surface area contributed by atoms with Crippen LogP contribution in [0.5, 0.6) is 11.5 Å². The summed E-state index contributed by atoms with van der Waals surface area (Å²) in [5.41, 5.74) is -0.102. The Kier molecular flexibility index (Phi) is 8.50. The van der Waals surface area contributed by atoms with E-state index in [0.29, 0.717) is 22.2 Å². The van der Waals surface area contributed by atoms with Gasteiger partial charge < -0.3 is 10.1 Å². The van der Waals surface area contributed by atoms with Gasteiger partial charge in [-0.25, -0.2) is 13.1 Å². The summed E-state index contributed by atoms with van der Waals surface area (Å²) in [6.45, 7) is 0. The zero-order valence-corrected chi connectivity index (χ0v) is 24.5. The van der Waals surface area contributed by atoms with Crippen molar-refractivity contribution < 1.29 is 22.9 Å². The molecule has 0 aliphatic rings. The van der Waals surface area contributed by atoms with Crippen LogP contribution in [-0.2, 0) is 10.0 Å². The van der Waals surface area contributed by atoms with E-state index in [1.165, 1.54) is 77.6 Å². The number of ether oxygens (including phenoxy) is 1. The number of hydrogen-bond donors (Lipinski definition) is 2. The van der Waals surface area contributed by atoms with Gasteiger partial charge in [-0.3, -0.25) is 19.6 Å². The average molecular weight is 649 g/mol. The summed E-state index contributed by atoms with van der Waals surface area (Å²) in [6, 6.07) is 23.6. The first-order valence-electron chi connectivity index (χ1n) is 12.4. The van der Waals surface area contributed by atoms with E-state index in [1.54, 1.807) is 24.3 Å². The molecule has 2 N–H and O–H groups in total. The fourth-order valence-electron chi connectivity index (χ4n) is 3.98. The molecule has 1 amide bonds. The average Bonchev–Trinajstić information content (AvgIpc) is 3.41. The largest absolute Gasteiger partial charge is 0.456 e. The number of anilines is 2. The molecule has 5 aromatic rings. The number of benzene rings is 4. The molecule has 5 rings (SSSR count). The maximum atomic E-state index is 13.5. The topological polar surface area (TPSA) is 169 Å². The third-order valence-electron chi connectivity index (χ3n) is 6.10. The van der Waals surface area contributed by atoms with Gasteiger partial charge in [-0.05, 0) is 66.7 Å². The fraction of sp³-hybridized carbons (Fsp3) is 0. The summed E-state index contributed by atoms with van der Waals surface area (Å²) < 4.78 is 35.9. The van der Waals surface area contributed by atoms with Crippen LogP contribution in [0.25, 0.3) is 5.69 Å². The van der Waals surface area contributed by atoms with Crippen molar-refractivity contribution in [1.82, 2.24) is 9.78 Å². The zero-order valence-electron chi connectivity index (χ0n) is 22.1. The summed E-state index contributed by atoms with van der Waals surface area (Å²) in [6.07, 6.45) is 1.21. The molecule has 0 atom stereocenters. The van der Waals surface area contributed by atoms with Gasteiger partial charge in [-0.1, -0.05) is 35.3 Å². The lowest BCUT2D eigenvalue weighted by molar-refractivity contribution is -0.384. The Morgan fingerprint density at radius 3 is 2.36 bits per heavy atom. The number of hydrogen-bond acceptors (Lipinski definition) is 8. The van der Waals surface area contributed by atoms with E-state index in [9.17, 15) is 28.6 Å². The smallest absolute Gasteiger partial charge is 0.269 e. The number of nitro groups is 1. The number of para-hydroxylation sites is 1. The van der Waals surface area contributed by atoms with E-state index in [4.69, 9.17) is 27.9 Å². The molecule has 0 radical (unpaired) electrons. The van der Waals surface area contributed by atoms with Crippen molar-refractivity contribution in [3.05, 3.63) is 128 Å². The minimum absolute atomic E-state index is 0.0139. The Morgan fingerprint density at radius 1 is 1.00 bits per heavy atom. The number of non-ortho nitro benzene ring substituents is 1. The van der Waals surface area contributed by atoms with Crippen molar-refractivity contribution in [3.63, 3.8) is 0 Å². The van der Waals surface area contributed by atoms with E-state index in [0.717, 1.165) is 0 Å². The first kappa shape index (κ1) is 30.1. The number of amides is 1. The van der Waals surface area contributed by atoms with Crippen LogP contribution in [0.3, 0.4) is 0 Å². The number of nitriles is 1. The van der Waals surface area contributed by atoms with E-state index in [-0.39, 0.29) is 38.2 Å². The van der Waals surface area contributed by atoms with Gasteiger partial charge in [-0.2, -0.15) is 10.4 Å². The van der Waals surface area contributed by atoms with Crippen LogP contribution in [0.1, 0.15) is 15.9 Å². The Morgan fingerprint density at radius 2 is 1.70 bits per heavy atom. The second-order valence-electron chi connectivity index (χ2n) is 8.96. The molecular weight excluding hydrogens is 631 g/mol. The van der Waals surface area contributed by atoms with Crippen LogP contribution < -0.4 is 14.8 Å². The molecule has 0 bridgehead atoms. The van der Waals surface area contributed by atoms with Gasteiger partial charge in [0.05, 0.1) is 38.0 Å². The number of nitrogens with zero attached hydrogens (tertiary/aromatic N) is 4. The van der Waals surface area contributed by atoms with Crippen LogP contribution >= 0.6 is 23.2 Å². The maximum absolute atomic E-state index is 13.5. The molecule has 12 nitrogen and oxygen atoms in total. The molecule has 220 valence electrons. The van der Waals surface area contributed by atoms with E-state index < -0.39 is 20.9 Å².